The van der Waals surface area contributed by atoms with Gasteiger partial charge in [-0.3, -0.25) is 0 Å². The minimum absolute atomic E-state index is 0.239. The molecule has 1 heterocycles. The van der Waals surface area contributed by atoms with Gasteiger partial charge < -0.3 is 4.74 Å². The highest BCUT2D eigenvalue weighted by molar-refractivity contribution is 5.60. The molecule has 17 heavy (non-hydrogen) atoms. The molecule has 0 fully saturated rings. The van der Waals surface area contributed by atoms with Crippen LogP contribution >= 0.6 is 0 Å². The maximum atomic E-state index is 12.8. The van der Waals surface area contributed by atoms with Gasteiger partial charge in [0, 0.05) is 5.56 Å². The average molecular weight is 231 g/mol. The second kappa shape index (κ2) is 4.95. The fourth-order valence-electron chi connectivity index (χ4n) is 1.64. The Balaban J connectivity index is 2.34. The Morgan fingerprint density at radius 2 is 1.82 bits per heavy atom. The van der Waals surface area contributed by atoms with Crippen molar-refractivity contribution in [3.63, 3.8) is 0 Å². The highest BCUT2D eigenvalue weighted by atomic mass is 19.1. The molecule has 1 aromatic heterocycles. The molecule has 0 atom stereocenters. The minimum atomic E-state index is -0.239. The minimum Gasteiger partial charge on any atom is -0.492 e. The Kier molecular flexibility index (Phi) is 3.38. The molecule has 0 aliphatic heterocycles. The first-order chi connectivity index (χ1) is 8.20. The van der Waals surface area contributed by atoms with Crippen LogP contribution in [0.1, 0.15) is 12.6 Å². The summed E-state index contributed by atoms with van der Waals surface area (Å²) in [5.74, 6) is 0.551. The van der Waals surface area contributed by atoms with Gasteiger partial charge in [-0.15, -0.1) is 0 Å². The summed E-state index contributed by atoms with van der Waals surface area (Å²) in [6.45, 7) is 4.46. The summed E-state index contributed by atoms with van der Waals surface area (Å²) in [6.07, 6.45) is 0. The van der Waals surface area contributed by atoms with Crippen molar-refractivity contribution in [1.82, 2.24) is 4.98 Å². The zero-order valence-electron chi connectivity index (χ0n) is 9.90. The molecule has 0 saturated heterocycles. The van der Waals surface area contributed by atoms with Crippen LogP contribution in [0.25, 0.3) is 11.3 Å². The maximum absolute atomic E-state index is 12.8. The van der Waals surface area contributed by atoms with E-state index in [1.807, 2.05) is 26.0 Å². The number of aromatic nitrogens is 1. The van der Waals surface area contributed by atoms with E-state index < -0.39 is 0 Å². The summed E-state index contributed by atoms with van der Waals surface area (Å²) >= 11 is 0. The summed E-state index contributed by atoms with van der Waals surface area (Å²) in [5, 5.41) is 0. The van der Waals surface area contributed by atoms with Crippen LogP contribution in [0.15, 0.2) is 36.4 Å². The highest BCUT2D eigenvalue weighted by Crippen LogP contribution is 2.22. The Labute approximate surface area is 100 Å². The van der Waals surface area contributed by atoms with E-state index in [2.05, 4.69) is 4.98 Å². The molecule has 0 aliphatic carbocycles. The van der Waals surface area contributed by atoms with Crippen LogP contribution in [0, 0.1) is 12.7 Å². The van der Waals surface area contributed by atoms with Crippen molar-refractivity contribution in [2.24, 2.45) is 0 Å². The van der Waals surface area contributed by atoms with E-state index in [1.165, 1.54) is 12.1 Å². The summed E-state index contributed by atoms with van der Waals surface area (Å²) in [6, 6.07) is 10.1. The SMILES string of the molecule is CCOc1ccc(-c2ccc(F)cc2)nc1C. The second-order valence-electron chi connectivity index (χ2n) is 3.72. The number of hydrogen-bond donors (Lipinski definition) is 0. The molecule has 2 nitrogen and oxygen atoms in total. The largest absolute Gasteiger partial charge is 0.492 e. The van der Waals surface area contributed by atoms with E-state index in [9.17, 15) is 4.39 Å². The molecular formula is C14H14FNO. The van der Waals surface area contributed by atoms with Gasteiger partial charge in [-0.2, -0.15) is 0 Å². The average Bonchev–Trinajstić information content (AvgIpc) is 2.33. The summed E-state index contributed by atoms with van der Waals surface area (Å²) in [5.41, 5.74) is 2.57. The van der Waals surface area contributed by atoms with Crippen LogP contribution in [-0.4, -0.2) is 11.6 Å². The lowest BCUT2D eigenvalue weighted by Crippen LogP contribution is -1.96. The smallest absolute Gasteiger partial charge is 0.140 e. The fraction of sp³-hybridized carbons (Fsp3) is 0.214. The van der Waals surface area contributed by atoms with Crippen LogP contribution in [0.2, 0.25) is 0 Å². The Bertz CT molecular complexity index is 508. The molecule has 2 aromatic rings. The van der Waals surface area contributed by atoms with E-state index >= 15 is 0 Å². The maximum Gasteiger partial charge on any atom is 0.140 e. The molecule has 0 amide bonds. The molecule has 3 heteroatoms. The van der Waals surface area contributed by atoms with Crippen molar-refractivity contribution in [1.29, 1.82) is 0 Å². The lowest BCUT2D eigenvalue weighted by Gasteiger charge is -2.08. The van der Waals surface area contributed by atoms with Gasteiger partial charge in [-0.25, -0.2) is 9.37 Å². The molecule has 0 saturated carbocycles. The molecule has 0 radical (unpaired) electrons. The van der Waals surface area contributed by atoms with Crippen LogP contribution in [-0.2, 0) is 0 Å². The number of pyridine rings is 1. The third kappa shape index (κ3) is 2.61. The van der Waals surface area contributed by atoms with Gasteiger partial charge in [-0.1, -0.05) is 0 Å². The molecule has 88 valence electrons. The predicted octanol–water partition coefficient (Wildman–Crippen LogP) is 3.59. The van der Waals surface area contributed by atoms with Gasteiger partial charge in [0.2, 0.25) is 0 Å². The first-order valence-corrected chi connectivity index (χ1v) is 5.57. The van der Waals surface area contributed by atoms with Crippen molar-refractivity contribution in [3.05, 3.63) is 47.9 Å². The van der Waals surface area contributed by atoms with Crippen molar-refractivity contribution in [2.75, 3.05) is 6.61 Å². The third-order valence-electron chi connectivity index (χ3n) is 2.48. The van der Waals surface area contributed by atoms with Crippen molar-refractivity contribution in [2.45, 2.75) is 13.8 Å². The normalized spacial score (nSPS) is 10.3. The van der Waals surface area contributed by atoms with E-state index in [0.29, 0.717) is 6.61 Å². The quantitative estimate of drug-likeness (QED) is 0.805. The van der Waals surface area contributed by atoms with E-state index in [0.717, 1.165) is 22.7 Å². The van der Waals surface area contributed by atoms with Crippen molar-refractivity contribution in [3.8, 4) is 17.0 Å². The van der Waals surface area contributed by atoms with E-state index in [-0.39, 0.29) is 5.82 Å². The Morgan fingerprint density at radius 3 is 2.41 bits per heavy atom. The zero-order valence-corrected chi connectivity index (χ0v) is 9.90. The van der Waals surface area contributed by atoms with Crippen LogP contribution in [0.5, 0.6) is 5.75 Å². The summed E-state index contributed by atoms with van der Waals surface area (Å²) < 4.78 is 18.2. The van der Waals surface area contributed by atoms with Gasteiger partial charge >= 0.3 is 0 Å². The van der Waals surface area contributed by atoms with Crippen LogP contribution in [0.4, 0.5) is 4.39 Å². The first-order valence-electron chi connectivity index (χ1n) is 5.57. The van der Waals surface area contributed by atoms with Crippen LogP contribution in [0.3, 0.4) is 0 Å². The Hall–Kier alpha value is -1.90. The van der Waals surface area contributed by atoms with Gasteiger partial charge in [0.1, 0.15) is 11.6 Å². The van der Waals surface area contributed by atoms with Gasteiger partial charge in [0.15, 0.2) is 0 Å². The third-order valence-corrected chi connectivity index (χ3v) is 2.48. The number of halogens is 1. The second-order valence-corrected chi connectivity index (χ2v) is 3.72. The lowest BCUT2D eigenvalue weighted by atomic mass is 10.1. The first kappa shape index (κ1) is 11.6. The van der Waals surface area contributed by atoms with Gasteiger partial charge in [0.25, 0.3) is 0 Å². The molecule has 0 spiro atoms. The van der Waals surface area contributed by atoms with E-state index in [4.69, 9.17) is 4.74 Å². The molecule has 2 rings (SSSR count). The Morgan fingerprint density at radius 1 is 1.12 bits per heavy atom. The van der Waals surface area contributed by atoms with Crippen molar-refractivity contribution >= 4 is 0 Å². The molecule has 0 aliphatic rings. The van der Waals surface area contributed by atoms with Gasteiger partial charge in [-0.05, 0) is 50.2 Å². The van der Waals surface area contributed by atoms with Gasteiger partial charge in [0.05, 0.1) is 18.0 Å². The number of aryl methyl sites for hydroxylation is 1. The lowest BCUT2D eigenvalue weighted by molar-refractivity contribution is 0.336. The predicted molar refractivity (Wildman–Crippen MR) is 65.5 cm³/mol. The number of ether oxygens (including phenoxy) is 1. The topological polar surface area (TPSA) is 22.1 Å². The number of rotatable bonds is 3. The molecule has 0 bridgehead atoms. The number of nitrogens with zero attached hydrogens (tertiary/aromatic N) is 1. The fourth-order valence-corrected chi connectivity index (χ4v) is 1.64. The summed E-state index contributed by atoms with van der Waals surface area (Å²) in [4.78, 5) is 4.44. The summed E-state index contributed by atoms with van der Waals surface area (Å²) in [7, 11) is 0. The number of benzene rings is 1. The highest BCUT2D eigenvalue weighted by Gasteiger charge is 2.04. The molecule has 0 unspecified atom stereocenters. The number of hydrogen-bond acceptors (Lipinski definition) is 2. The molecule has 0 N–H and O–H groups in total. The van der Waals surface area contributed by atoms with E-state index in [1.54, 1.807) is 12.1 Å². The standard InChI is InChI=1S/C14H14FNO/c1-3-17-14-9-8-13(16-10(14)2)11-4-6-12(15)7-5-11/h4-9H,3H2,1-2H3. The molecular weight excluding hydrogens is 217 g/mol. The molecule has 1 aromatic carbocycles. The van der Waals surface area contributed by atoms with Crippen molar-refractivity contribution < 1.29 is 9.13 Å². The zero-order chi connectivity index (χ0) is 12.3. The van der Waals surface area contributed by atoms with Crippen LogP contribution < -0.4 is 4.74 Å². The monoisotopic (exact) mass is 231 g/mol.